The highest BCUT2D eigenvalue weighted by Gasteiger charge is 2.16. The van der Waals surface area contributed by atoms with Gasteiger partial charge in [-0.15, -0.1) is 0 Å². The number of aliphatic hydroxyl groups excluding tert-OH is 1. The standard InChI is InChI=1S/C18H19N5O4/c1-22(12-3-6-14(27-2)7-4-12)17-15-11-13(23(25)26)5-8-16(15)20-18(21-17)19-9-10-24/h3-8,11,24H,9-10H2,1-2H3,(H,19,20,21). The molecule has 0 spiro atoms. The molecule has 1 aromatic heterocycles. The zero-order valence-electron chi connectivity index (χ0n) is 14.9. The van der Waals surface area contributed by atoms with E-state index in [1.165, 1.54) is 12.1 Å². The highest BCUT2D eigenvalue weighted by molar-refractivity contribution is 5.93. The molecule has 0 aliphatic carbocycles. The van der Waals surface area contributed by atoms with Crippen molar-refractivity contribution in [2.45, 2.75) is 0 Å². The molecular formula is C18H19N5O4. The lowest BCUT2D eigenvalue weighted by Gasteiger charge is -2.21. The van der Waals surface area contributed by atoms with Gasteiger partial charge in [-0.1, -0.05) is 0 Å². The molecule has 0 bridgehead atoms. The van der Waals surface area contributed by atoms with Gasteiger partial charge in [-0.3, -0.25) is 10.1 Å². The molecule has 0 atom stereocenters. The van der Waals surface area contributed by atoms with Crippen LogP contribution in [0.25, 0.3) is 10.9 Å². The van der Waals surface area contributed by atoms with E-state index < -0.39 is 4.92 Å². The van der Waals surface area contributed by atoms with Crippen molar-refractivity contribution in [3.8, 4) is 5.75 Å². The predicted molar refractivity (Wildman–Crippen MR) is 103 cm³/mol. The number of rotatable bonds is 7. The van der Waals surface area contributed by atoms with Crippen LogP contribution in [-0.2, 0) is 0 Å². The molecule has 0 saturated heterocycles. The Balaban J connectivity index is 2.13. The molecule has 27 heavy (non-hydrogen) atoms. The summed E-state index contributed by atoms with van der Waals surface area (Å²) in [5, 5.41) is 23.7. The number of benzene rings is 2. The summed E-state index contributed by atoms with van der Waals surface area (Å²) < 4.78 is 5.18. The van der Waals surface area contributed by atoms with E-state index >= 15 is 0 Å². The van der Waals surface area contributed by atoms with E-state index in [1.54, 1.807) is 13.2 Å². The first kappa shape index (κ1) is 18.3. The maximum absolute atomic E-state index is 11.2. The number of ether oxygens (including phenoxy) is 1. The third-order valence-corrected chi connectivity index (χ3v) is 4.04. The molecule has 3 aromatic rings. The molecule has 2 aromatic carbocycles. The second-order valence-electron chi connectivity index (χ2n) is 5.74. The average molecular weight is 369 g/mol. The molecule has 9 nitrogen and oxygen atoms in total. The Labute approximate surface area is 155 Å². The van der Waals surface area contributed by atoms with Crippen LogP contribution in [0.15, 0.2) is 42.5 Å². The van der Waals surface area contributed by atoms with E-state index in [0.29, 0.717) is 29.2 Å². The van der Waals surface area contributed by atoms with Gasteiger partial charge >= 0.3 is 0 Å². The van der Waals surface area contributed by atoms with Crippen molar-refractivity contribution in [3.05, 3.63) is 52.6 Å². The van der Waals surface area contributed by atoms with Crippen LogP contribution in [0.1, 0.15) is 0 Å². The summed E-state index contributed by atoms with van der Waals surface area (Å²) >= 11 is 0. The highest BCUT2D eigenvalue weighted by atomic mass is 16.6. The molecule has 9 heteroatoms. The lowest BCUT2D eigenvalue weighted by Crippen LogP contribution is -2.15. The summed E-state index contributed by atoms with van der Waals surface area (Å²) in [6.07, 6.45) is 0. The number of anilines is 3. The largest absolute Gasteiger partial charge is 0.497 e. The molecule has 3 rings (SSSR count). The van der Waals surface area contributed by atoms with Gasteiger partial charge in [-0.05, 0) is 30.3 Å². The summed E-state index contributed by atoms with van der Waals surface area (Å²) in [5.74, 6) is 1.57. The van der Waals surface area contributed by atoms with Crippen molar-refractivity contribution in [1.82, 2.24) is 9.97 Å². The molecule has 0 fully saturated rings. The van der Waals surface area contributed by atoms with Gasteiger partial charge in [0.1, 0.15) is 11.6 Å². The Kier molecular flexibility index (Phi) is 5.32. The number of nitrogens with one attached hydrogen (secondary N) is 1. The number of aliphatic hydroxyl groups is 1. The van der Waals surface area contributed by atoms with Crippen LogP contribution in [0.4, 0.5) is 23.1 Å². The third-order valence-electron chi connectivity index (χ3n) is 4.04. The number of methoxy groups -OCH3 is 1. The van der Waals surface area contributed by atoms with Gasteiger partial charge in [0.25, 0.3) is 5.69 Å². The van der Waals surface area contributed by atoms with Crippen molar-refractivity contribution >= 4 is 34.0 Å². The molecule has 0 radical (unpaired) electrons. The lowest BCUT2D eigenvalue weighted by atomic mass is 10.2. The topological polar surface area (TPSA) is 114 Å². The van der Waals surface area contributed by atoms with Crippen LogP contribution in [0.3, 0.4) is 0 Å². The van der Waals surface area contributed by atoms with Gasteiger partial charge in [-0.25, -0.2) is 4.98 Å². The van der Waals surface area contributed by atoms with Gasteiger partial charge in [-0.2, -0.15) is 4.98 Å². The molecule has 0 aliphatic rings. The van der Waals surface area contributed by atoms with E-state index in [2.05, 4.69) is 15.3 Å². The minimum atomic E-state index is -0.450. The number of nitrogens with zero attached hydrogens (tertiary/aromatic N) is 4. The maximum Gasteiger partial charge on any atom is 0.270 e. The number of hydrogen-bond acceptors (Lipinski definition) is 8. The Morgan fingerprint density at radius 1 is 1.22 bits per heavy atom. The summed E-state index contributed by atoms with van der Waals surface area (Å²) in [4.78, 5) is 21.4. The monoisotopic (exact) mass is 369 g/mol. The van der Waals surface area contributed by atoms with Crippen molar-refractivity contribution in [1.29, 1.82) is 0 Å². The molecule has 0 saturated carbocycles. The smallest absolute Gasteiger partial charge is 0.270 e. The van der Waals surface area contributed by atoms with Crippen LogP contribution >= 0.6 is 0 Å². The van der Waals surface area contributed by atoms with Gasteiger partial charge in [0.2, 0.25) is 5.95 Å². The fraction of sp³-hybridized carbons (Fsp3) is 0.222. The SMILES string of the molecule is COc1ccc(N(C)c2nc(NCCO)nc3ccc([N+](=O)[O-])cc23)cc1. The predicted octanol–water partition coefficient (Wildman–Crippen LogP) is 2.72. The minimum Gasteiger partial charge on any atom is -0.497 e. The second-order valence-corrected chi connectivity index (χ2v) is 5.74. The first-order chi connectivity index (χ1) is 13.0. The van der Waals surface area contributed by atoms with E-state index in [-0.39, 0.29) is 12.3 Å². The van der Waals surface area contributed by atoms with E-state index in [1.807, 2.05) is 36.2 Å². The Morgan fingerprint density at radius 3 is 2.59 bits per heavy atom. The molecule has 0 aliphatic heterocycles. The van der Waals surface area contributed by atoms with Crippen LogP contribution in [-0.4, -0.2) is 47.3 Å². The second kappa shape index (κ2) is 7.83. The number of fused-ring (bicyclic) bond motifs is 1. The fourth-order valence-electron chi connectivity index (χ4n) is 2.64. The van der Waals surface area contributed by atoms with Crippen molar-refractivity contribution < 1.29 is 14.8 Å². The van der Waals surface area contributed by atoms with Crippen LogP contribution < -0.4 is 15.0 Å². The normalized spacial score (nSPS) is 10.6. The van der Waals surface area contributed by atoms with E-state index in [0.717, 1.165) is 11.4 Å². The van der Waals surface area contributed by atoms with Crippen molar-refractivity contribution in [3.63, 3.8) is 0 Å². The van der Waals surface area contributed by atoms with Crippen molar-refractivity contribution in [2.24, 2.45) is 0 Å². The van der Waals surface area contributed by atoms with Crippen LogP contribution in [0, 0.1) is 10.1 Å². The molecule has 1 heterocycles. The summed E-state index contributed by atoms with van der Waals surface area (Å²) in [7, 11) is 3.41. The number of aromatic nitrogens is 2. The Morgan fingerprint density at radius 2 is 1.96 bits per heavy atom. The Hall–Kier alpha value is -3.46. The fourth-order valence-corrected chi connectivity index (χ4v) is 2.64. The average Bonchev–Trinajstić information content (AvgIpc) is 2.70. The number of nitro benzene ring substituents is 1. The first-order valence-corrected chi connectivity index (χ1v) is 8.22. The number of hydrogen-bond donors (Lipinski definition) is 2. The maximum atomic E-state index is 11.2. The van der Waals surface area contributed by atoms with Crippen LogP contribution in [0.2, 0.25) is 0 Å². The summed E-state index contributed by atoms with van der Waals surface area (Å²) in [5.41, 5.74) is 1.35. The number of non-ortho nitro benzene ring substituents is 1. The highest BCUT2D eigenvalue weighted by Crippen LogP contribution is 2.32. The third kappa shape index (κ3) is 3.87. The summed E-state index contributed by atoms with van der Waals surface area (Å²) in [6.45, 7) is 0.232. The lowest BCUT2D eigenvalue weighted by molar-refractivity contribution is -0.384. The molecular weight excluding hydrogens is 350 g/mol. The van der Waals surface area contributed by atoms with Crippen LogP contribution in [0.5, 0.6) is 5.75 Å². The minimum absolute atomic E-state index is 0.0356. The molecule has 140 valence electrons. The number of nitro groups is 1. The zero-order valence-corrected chi connectivity index (χ0v) is 14.9. The summed E-state index contributed by atoms with van der Waals surface area (Å²) in [6, 6.07) is 11.8. The van der Waals surface area contributed by atoms with E-state index in [9.17, 15) is 10.1 Å². The van der Waals surface area contributed by atoms with Gasteiger partial charge in [0.05, 0.1) is 29.5 Å². The zero-order chi connectivity index (χ0) is 19.4. The Bertz CT molecular complexity index is 962. The van der Waals surface area contributed by atoms with Gasteiger partial charge in [0.15, 0.2) is 0 Å². The first-order valence-electron chi connectivity index (χ1n) is 8.22. The quantitative estimate of drug-likeness (QED) is 0.483. The molecule has 2 N–H and O–H groups in total. The molecule has 0 unspecified atom stereocenters. The van der Waals surface area contributed by atoms with Gasteiger partial charge < -0.3 is 20.1 Å². The van der Waals surface area contributed by atoms with Gasteiger partial charge in [0, 0.05) is 31.4 Å². The van der Waals surface area contributed by atoms with E-state index in [4.69, 9.17) is 9.84 Å². The van der Waals surface area contributed by atoms with Crippen molar-refractivity contribution in [2.75, 3.05) is 37.5 Å². The molecule has 0 amide bonds.